The highest BCUT2D eigenvalue weighted by Gasteiger charge is 2.25. The molecule has 1 aliphatic rings. The van der Waals surface area contributed by atoms with Crippen LogP contribution in [-0.2, 0) is 4.79 Å². The monoisotopic (exact) mass is 317 g/mol. The number of nitrogens with zero attached hydrogens (tertiary/aromatic N) is 1. The third kappa shape index (κ3) is 3.46. The number of para-hydroxylation sites is 2. The summed E-state index contributed by atoms with van der Waals surface area (Å²) in [7, 11) is 0. The van der Waals surface area contributed by atoms with E-state index in [2.05, 4.69) is 22.2 Å². The van der Waals surface area contributed by atoms with Gasteiger partial charge in [0.15, 0.2) is 5.16 Å². The van der Waals surface area contributed by atoms with Gasteiger partial charge in [0, 0.05) is 6.04 Å². The van der Waals surface area contributed by atoms with E-state index < -0.39 is 0 Å². The Kier molecular flexibility index (Phi) is 4.71. The number of imidazole rings is 1. The average Bonchev–Trinajstić information content (AvgIpc) is 2.91. The predicted octanol–water partition coefficient (Wildman–Crippen LogP) is 3.74. The second-order valence-corrected chi connectivity index (χ2v) is 7.53. The van der Waals surface area contributed by atoms with Crippen molar-refractivity contribution in [3.8, 4) is 0 Å². The van der Waals surface area contributed by atoms with Crippen molar-refractivity contribution in [3.63, 3.8) is 0 Å². The van der Waals surface area contributed by atoms with Gasteiger partial charge < -0.3 is 10.3 Å². The van der Waals surface area contributed by atoms with Gasteiger partial charge in [-0.15, -0.1) is 0 Å². The Morgan fingerprint density at radius 2 is 2.14 bits per heavy atom. The zero-order valence-electron chi connectivity index (χ0n) is 13.1. The summed E-state index contributed by atoms with van der Waals surface area (Å²) in [5.74, 6) is 0.699. The third-order valence-electron chi connectivity index (χ3n) is 4.46. The predicted molar refractivity (Wildman–Crippen MR) is 91.0 cm³/mol. The molecule has 1 heterocycles. The lowest BCUT2D eigenvalue weighted by Crippen LogP contribution is -2.44. The van der Waals surface area contributed by atoms with Crippen LogP contribution in [0.25, 0.3) is 11.0 Å². The fourth-order valence-corrected chi connectivity index (χ4v) is 3.87. The minimum atomic E-state index is -0.144. The van der Waals surface area contributed by atoms with Crippen molar-refractivity contribution in [2.75, 3.05) is 0 Å². The number of aromatic amines is 1. The Labute approximate surface area is 135 Å². The highest BCUT2D eigenvalue weighted by atomic mass is 32.2. The van der Waals surface area contributed by atoms with Crippen LogP contribution in [0.3, 0.4) is 0 Å². The van der Waals surface area contributed by atoms with Gasteiger partial charge in [-0.25, -0.2) is 4.98 Å². The number of rotatable bonds is 4. The lowest BCUT2D eigenvalue weighted by Gasteiger charge is -2.30. The van der Waals surface area contributed by atoms with Crippen LogP contribution in [0.1, 0.15) is 39.5 Å². The molecule has 1 aliphatic carbocycles. The van der Waals surface area contributed by atoms with Gasteiger partial charge in [-0.05, 0) is 37.8 Å². The SMILES string of the molecule is C[C@H](Sc1nc2ccccc2[nH]1)C(=O)N[C@H]1CCCC[C@H]1C. The number of hydrogen-bond donors (Lipinski definition) is 2. The van der Waals surface area contributed by atoms with E-state index in [0.717, 1.165) is 22.6 Å². The van der Waals surface area contributed by atoms with E-state index in [1.807, 2.05) is 31.2 Å². The van der Waals surface area contributed by atoms with Crippen LogP contribution in [0.4, 0.5) is 0 Å². The maximum Gasteiger partial charge on any atom is 0.233 e. The second-order valence-electron chi connectivity index (χ2n) is 6.20. The Morgan fingerprint density at radius 3 is 2.91 bits per heavy atom. The highest BCUT2D eigenvalue weighted by Crippen LogP contribution is 2.26. The normalized spacial score (nSPS) is 23.4. The lowest BCUT2D eigenvalue weighted by atomic mass is 9.86. The fourth-order valence-electron chi connectivity index (χ4n) is 3.04. The highest BCUT2D eigenvalue weighted by molar-refractivity contribution is 8.00. The molecule has 2 N–H and O–H groups in total. The van der Waals surface area contributed by atoms with Crippen LogP contribution in [0, 0.1) is 5.92 Å². The molecule has 0 spiro atoms. The molecule has 1 amide bonds. The summed E-state index contributed by atoms with van der Waals surface area (Å²) in [5, 5.41) is 3.88. The van der Waals surface area contributed by atoms with Crippen molar-refractivity contribution in [3.05, 3.63) is 24.3 Å². The molecule has 0 saturated heterocycles. The van der Waals surface area contributed by atoms with E-state index in [-0.39, 0.29) is 11.2 Å². The molecule has 5 heteroatoms. The lowest BCUT2D eigenvalue weighted by molar-refractivity contribution is -0.121. The molecule has 118 valence electrons. The van der Waals surface area contributed by atoms with Gasteiger partial charge in [0.25, 0.3) is 0 Å². The first-order chi connectivity index (χ1) is 10.6. The summed E-state index contributed by atoms with van der Waals surface area (Å²) in [6.45, 7) is 4.18. The zero-order chi connectivity index (χ0) is 15.5. The molecule has 1 saturated carbocycles. The summed E-state index contributed by atoms with van der Waals surface area (Å²) >= 11 is 1.49. The molecule has 3 rings (SSSR count). The number of fused-ring (bicyclic) bond motifs is 1. The average molecular weight is 317 g/mol. The van der Waals surface area contributed by atoms with Gasteiger partial charge in [0.1, 0.15) is 0 Å². The number of carbonyl (C=O) groups is 1. The minimum Gasteiger partial charge on any atom is -0.352 e. The van der Waals surface area contributed by atoms with Crippen LogP contribution >= 0.6 is 11.8 Å². The van der Waals surface area contributed by atoms with Crippen LogP contribution in [-0.4, -0.2) is 27.2 Å². The first-order valence-corrected chi connectivity index (χ1v) is 8.93. The molecule has 0 bridgehead atoms. The van der Waals surface area contributed by atoms with Crippen molar-refractivity contribution >= 4 is 28.7 Å². The molecular formula is C17H23N3OS. The number of benzene rings is 1. The van der Waals surface area contributed by atoms with Gasteiger partial charge in [0.2, 0.25) is 5.91 Å². The molecule has 4 nitrogen and oxygen atoms in total. The summed E-state index contributed by atoms with van der Waals surface area (Å²) in [6.07, 6.45) is 4.84. The number of thioether (sulfide) groups is 1. The zero-order valence-corrected chi connectivity index (χ0v) is 14.0. The van der Waals surface area contributed by atoms with E-state index in [0.29, 0.717) is 12.0 Å². The van der Waals surface area contributed by atoms with Crippen molar-refractivity contribution in [2.45, 2.75) is 56.0 Å². The first-order valence-electron chi connectivity index (χ1n) is 8.05. The second kappa shape index (κ2) is 6.73. The molecule has 2 aromatic rings. The summed E-state index contributed by atoms with van der Waals surface area (Å²) in [5.41, 5.74) is 1.96. The van der Waals surface area contributed by atoms with Crippen molar-refractivity contribution in [1.82, 2.24) is 15.3 Å². The first kappa shape index (κ1) is 15.4. The van der Waals surface area contributed by atoms with Crippen molar-refractivity contribution < 1.29 is 4.79 Å². The molecule has 1 aromatic heterocycles. The smallest absolute Gasteiger partial charge is 0.233 e. The van der Waals surface area contributed by atoms with E-state index in [1.54, 1.807) is 0 Å². The largest absolute Gasteiger partial charge is 0.352 e. The van der Waals surface area contributed by atoms with Gasteiger partial charge in [0.05, 0.1) is 16.3 Å². The topological polar surface area (TPSA) is 57.8 Å². The molecule has 22 heavy (non-hydrogen) atoms. The molecule has 0 aliphatic heterocycles. The van der Waals surface area contributed by atoms with E-state index >= 15 is 0 Å². The maximum atomic E-state index is 12.4. The Balaban J connectivity index is 1.60. The standard InChI is InChI=1S/C17H23N3OS/c1-11-7-3-4-8-13(11)18-16(21)12(2)22-17-19-14-9-5-6-10-15(14)20-17/h5-6,9-13H,3-4,7-8H2,1-2H3,(H,18,21)(H,19,20)/t11-,12+,13+/m1/s1. The Bertz CT molecular complexity index is 621. The number of hydrogen-bond acceptors (Lipinski definition) is 3. The number of nitrogens with one attached hydrogen (secondary N) is 2. The molecule has 0 radical (unpaired) electrons. The van der Waals surface area contributed by atoms with Gasteiger partial charge in [-0.3, -0.25) is 4.79 Å². The Hall–Kier alpha value is -1.49. The fraction of sp³-hybridized carbons (Fsp3) is 0.529. The molecule has 1 fully saturated rings. The molecular weight excluding hydrogens is 294 g/mol. The number of H-pyrrole nitrogens is 1. The summed E-state index contributed by atoms with van der Waals surface area (Å²) in [6, 6.07) is 8.26. The van der Waals surface area contributed by atoms with E-state index in [4.69, 9.17) is 0 Å². The maximum absolute atomic E-state index is 12.4. The van der Waals surface area contributed by atoms with Gasteiger partial charge in [-0.1, -0.05) is 43.7 Å². The van der Waals surface area contributed by atoms with Crippen LogP contribution in [0.15, 0.2) is 29.4 Å². The molecule has 3 atom stereocenters. The van der Waals surface area contributed by atoms with Crippen molar-refractivity contribution in [1.29, 1.82) is 0 Å². The Morgan fingerprint density at radius 1 is 1.36 bits per heavy atom. The number of aromatic nitrogens is 2. The quantitative estimate of drug-likeness (QED) is 0.845. The molecule has 0 unspecified atom stereocenters. The number of carbonyl (C=O) groups excluding carboxylic acids is 1. The summed E-state index contributed by atoms with van der Waals surface area (Å²) in [4.78, 5) is 20.2. The number of amides is 1. The van der Waals surface area contributed by atoms with Crippen LogP contribution in [0.5, 0.6) is 0 Å². The van der Waals surface area contributed by atoms with E-state index in [1.165, 1.54) is 31.0 Å². The van der Waals surface area contributed by atoms with Gasteiger partial charge in [-0.2, -0.15) is 0 Å². The van der Waals surface area contributed by atoms with Crippen molar-refractivity contribution in [2.24, 2.45) is 5.92 Å². The van der Waals surface area contributed by atoms with Crippen LogP contribution in [0.2, 0.25) is 0 Å². The van der Waals surface area contributed by atoms with Crippen LogP contribution < -0.4 is 5.32 Å². The van der Waals surface area contributed by atoms with Gasteiger partial charge >= 0.3 is 0 Å². The summed E-state index contributed by atoms with van der Waals surface area (Å²) < 4.78 is 0. The van der Waals surface area contributed by atoms with E-state index in [9.17, 15) is 4.79 Å². The minimum absolute atomic E-state index is 0.115. The molecule has 1 aromatic carbocycles. The third-order valence-corrected chi connectivity index (χ3v) is 5.45.